The average Bonchev–Trinajstić information content (AvgIpc) is 2.32. The van der Waals surface area contributed by atoms with Crippen LogP contribution in [0, 0.1) is 13.8 Å². The van der Waals surface area contributed by atoms with Gasteiger partial charge in [-0.3, -0.25) is 0 Å². The molecule has 0 aliphatic heterocycles. The summed E-state index contributed by atoms with van der Waals surface area (Å²) < 4.78 is 0. The molecule has 94 valence electrons. The van der Waals surface area contributed by atoms with E-state index in [0.29, 0.717) is 5.11 Å². The summed E-state index contributed by atoms with van der Waals surface area (Å²) in [6, 6.07) is 2.10. The molecule has 0 fully saturated rings. The van der Waals surface area contributed by atoms with Gasteiger partial charge in [0.1, 0.15) is 0 Å². The molecule has 1 rings (SSSR count). The molecule has 0 unspecified atom stereocenters. The van der Waals surface area contributed by atoms with E-state index in [9.17, 15) is 0 Å². The average molecular weight is 270 g/mol. The third-order valence-corrected chi connectivity index (χ3v) is 3.58. The van der Waals surface area contributed by atoms with E-state index in [1.165, 1.54) is 5.56 Å². The lowest BCUT2D eigenvalue weighted by Gasteiger charge is -2.07. The summed E-state index contributed by atoms with van der Waals surface area (Å²) in [6.45, 7) is 4.84. The molecule has 0 spiro atoms. The third-order valence-electron chi connectivity index (χ3n) is 2.22. The fraction of sp³-hybridized carbons (Fsp3) is 0.545. The zero-order valence-corrected chi connectivity index (χ0v) is 12.0. The molecule has 0 aliphatic carbocycles. The van der Waals surface area contributed by atoms with Gasteiger partial charge in [-0.15, -0.1) is 0 Å². The van der Waals surface area contributed by atoms with Crippen molar-refractivity contribution in [2.45, 2.75) is 19.6 Å². The van der Waals surface area contributed by atoms with Crippen LogP contribution in [0.5, 0.6) is 0 Å². The van der Waals surface area contributed by atoms with Crippen molar-refractivity contribution in [2.75, 3.05) is 19.3 Å². The maximum absolute atomic E-state index is 4.99. The largest absolute Gasteiger partial charge is 0.366 e. The SMILES string of the molecule is CNC(=S)NCCSCc1cc(C)nnc1C. The van der Waals surface area contributed by atoms with Crippen molar-refractivity contribution in [3.05, 3.63) is 23.0 Å². The van der Waals surface area contributed by atoms with Crippen molar-refractivity contribution in [1.29, 1.82) is 0 Å². The van der Waals surface area contributed by atoms with Gasteiger partial charge in [-0.2, -0.15) is 22.0 Å². The number of thiocarbonyl (C=S) groups is 1. The maximum atomic E-state index is 4.99. The Balaban J connectivity index is 2.26. The molecule has 1 heterocycles. The number of aryl methyl sites for hydroxylation is 2. The van der Waals surface area contributed by atoms with Gasteiger partial charge in [0.05, 0.1) is 11.4 Å². The van der Waals surface area contributed by atoms with Crippen LogP contribution in [0.2, 0.25) is 0 Å². The number of hydrogen-bond donors (Lipinski definition) is 2. The predicted molar refractivity (Wildman–Crippen MR) is 77.3 cm³/mol. The summed E-state index contributed by atoms with van der Waals surface area (Å²) in [5.74, 6) is 1.98. The van der Waals surface area contributed by atoms with Gasteiger partial charge in [0, 0.05) is 25.1 Å². The lowest BCUT2D eigenvalue weighted by atomic mass is 10.2. The molecule has 17 heavy (non-hydrogen) atoms. The number of hydrogen-bond acceptors (Lipinski definition) is 4. The molecule has 0 saturated carbocycles. The monoisotopic (exact) mass is 270 g/mol. The second-order valence-corrected chi connectivity index (χ2v) is 5.17. The summed E-state index contributed by atoms with van der Waals surface area (Å²) in [5, 5.41) is 14.8. The molecule has 0 saturated heterocycles. The maximum Gasteiger partial charge on any atom is 0.166 e. The second-order valence-electron chi connectivity index (χ2n) is 3.65. The van der Waals surface area contributed by atoms with E-state index < -0.39 is 0 Å². The minimum Gasteiger partial charge on any atom is -0.366 e. The van der Waals surface area contributed by atoms with E-state index in [1.54, 1.807) is 0 Å². The van der Waals surface area contributed by atoms with Crippen molar-refractivity contribution in [3.63, 3.8) is 0 Å². The van der Waals surface area contributed by atoms with Crippen LogP contribution in [0.25, 0.3) is 0 Å². The normalized spacial score (nSPS) is 10.1. The number of rotatable bonds is 5. The number of thioether (sulfide) groups is 1. The first-order valence-corrected chi connectivity index (χ1v) is 7.03. The quantitative estimate of drug-likeness (QED) is 0.623. The highest BCUT2D eigenvalue weighted by atomic mass is 32.2. The molecule has 0 radical (unpaired) electrons. The van der Waals surface area contributed by atoms with Gasteiger partial charge in [-0.1, -0.05) is 0 Å². The molecule has 0 amide bonds. The zero-order valence-electron chi connectivity index (χ0n) is 10.4. The van der Waals surface area contributed by atoms with E-state index in [4.69, 9.17) is 12.2 Å². The summed E-state index contributed by atoms with van der Waals surface area (Å²) in [7, 11) is 1.82. The van der Waals surface area contributed by atoms with Crippen molar-refractivity contribution in [3.8, 4) is 0 Å². The van der Waals surface area contributed by atoms with Crippen molar-refractivity contribution in [1.82, 2.24) is 20.8 Å². The van der Waals surface area contributed by atoms with E-state index in [1.807, 2.05) is 32.7 Å². The Morgan fingerprint density at radius 3 is 2.88 bits per heavy atom. The number of nitrogens with zero attached hydrogens (tertiary/aromatic N) is 2. The Hall–Kier alpha value is -0.880. The summed E-state index contributed by atoms with van der Waals surface area (Å²) >= 11 is 6.85. The van der Waals surface area contributed by atoms with Crippen molar-refractivity contribution < 1.29 is 0 Å². The smallest absolute Gasteiger partial charge is 0.166 e. The van der Waals surface area contributed by atoms with Crippen LogP contribution >= 0.6 is 24.0 Å². The molecule has 2 N–H and O–H groups in total. The molecular formula is C11H18N4S2. The van der Waals surface area contributed by atoms with Gasteiger partial charge in [0.2, 0.25) is 0 Å². The van der Waals surface area contributed by atoms with Crippen LogP contribution in [0.3, 0.4) is 0 Å². The molecule has 1 aromatic heterocycles. The van der Waals surface area contributed by atoms with Gasteiger partial charge >= 0.3 is 0 Å². The Kier molecular flexibility index (Phi) is 6.21. The first-order chi connectivity index (χ1) is 8.13. The van der Waals surface area contributed by atoms with Crippen molar-refractivity contribution >= 4 is 29.1 Å². The van der Waals surface area contributed by atoms with E-state index in [-0.39, 0.29) is 0 Å². The number of nitrogens with one attached hydrogen (secondary N) is 2. The highest BCUT2D eigenvalue weighted by Crippen LogP contribution is 2.14. The lowest BCUT2D eigenvalue weighted by Crippen LogP contribution is -2.33. The fourth-order valence-electron chi connectivity index (χ4n) is 1.26. The third kappa shape index (κ3) is 5.32. The Morgan fingerprint density at radius 2 is 2.18 bits per heavy atom. The summed E-state index contributed by atoms with van der Waals surface area (Å²) in [6.07, 6.45) is 0. The van der Waals surface area contributed by atoms with Gasteiger partial charge in [0.25, 0.3) is 0 Å². The second kappa shape index (κ2) is 7.45. The van der Waals surface area contributed by atoms with Gasteiger partial charge < -0.3 is 10.6 Å². The van der Waals surface area contributed by atoms with Crippen LogP contribution < -0.4 is 10.6 Å². The van der Waals surface area contributed by atoms with Gasteiger partial charge in [-0.05, 0) is 37.7 Å². The first kappa shape index (κ1) is 14.2. The first-order valence-electron chi connectivity index (χ1n) is 5.46. The Bertz CT molecular complexity index is 382. The summed E-state index contributed by atoms with van der Waals surface area (Å²) in [5.41, 5.74) is 3.25. The van der Waals surface area contributed by atoms with E-state index in [0.717, 1.165) is 29.4 Å². The topological polar surface area (TPSA) is 49.8 Å². The molecule has 1 aromatic rings. The zero-order chi connectivity index (χ0) is 12.7. The highest BCUT2D eigenvalue weighted by molar-refractivity contribution is 7.98. The van der Waals surface area contributed by atoms with Crippen LogP contribution in [-0.2, 0) is 5.75 Å². The Labute approximate surface area is 112 Å². The summed E-state index contributed by atoms with van der Waals surface area (Å²) in [4.78, 5) is 0. The predicted octanol–water partition coefficient (Wildman–Crippen LogP) is 1.42. The van der Waals surface area contributed by atoms with Gasteiger partial charge in [0.15, 0.2) is 5.11 Å². The van der Waals surface area contributed by atoms with Crippen LogP contribution in [0.4, 0.5) is 0 Å². The Morgan fingerprint density at radius 1 is 1.41 bits per heavy atom. The van der Waals surface area contributed by atoms with Crippen LogP contribution in [0.15, 0.2) is 6.07 Å². The minimum absolute atomic E-state index is 0.697. The molecule has 6 heteroatoms. The molecular weight excluding hydrogens is 252 g/mol. The fourth-order valence-corrected chi connectivity index (χ4v) is 2.26. The van der Waals surface area contributed by atoms with Gasteiger partial charge in [-0.25, -0.2) is 0 Å². The lowest BCUT2D eigenvalue weighted by molar-refractivity contribution is 0.919. The standard InChI is InChI=1S/C11H18N4S2/c1-8-6-10(9(2)15-14-8)7-17-5-4-13-11(16)12-3/h6H,4-5,7H2,1-3H3,(H2,12,13,16). The minimum atomic E-state index is 0.697. The van der Waals surface area contributed by atoms with E-state index in [2.05, 4.69) is 26.9 Å². The van der Waals surface area contributed by atoms with Crippen molar-refractivity contribution in [2.24, 2.45) is 0 Å². The molecule has 4 nitrogen and oxygen atoms in total. The van der Waals surface area contributed by atoms with Crippen LogP contribution in [0.1, 0.15) is 17.0 Å². The van der Waals surface area contributed by atoms with Crippen LogP contribution in [-0.4, -0.2) is 34.7 Å². The number of aromatic nitrogens is 2. The molecule has 0 bridgehead atoms. The molecule has 0 aliphatic rings. The molecule has 0 atom stereocenters. The highest BCUT2D eigenvalue weighted by Gasteiger charge is 2.01. The molecule has 0 aromatic carbocycles. The van der Waals surface area contributed by atoms with E-state index >= 15 is 0 Å².